The highest BCUT2D eigenvalue weighted by Crippen LogP contribution is 2.29. The van der Waals surface area contributed by atoms with E-state index in [1.165, 1.54) is 70.6 Å². The fourth-order valence-corrected chi connectivity index (χ4v) is 7.77. The molecule has 2 heterocycles. The van der Waals surface area contributed by atoms with Crippen molar-refractivity contribution >= 4 is 17.7 Å². The number of ether oxygens (including phenoxy) is 1. The molecule has 4 atom stereocenters. The van der Waals surface area contributed by atoms with Crippen LogP contribution in [-0.4, -0.2) is 88.7 Å². The summed E-state index contributed by atoms with van der Waals surface area (Å²) in [6.45, 7) is 5.94. The standard InChI is InChI=1S/C48H82N2O6/c1-3-5-7-9-11-13-15-17-19-21-23-25-27-29-31-33-35-56-48(55)44-37-42(36-43(51)39-49-40-45(52)46(53)41-49)38-50(44)47(54)34-32-30-28-26-24-22-20-18-16-14-12-10-8-6-4-2/h11-14,17-20,42,44-46,52-53H,3-10,15-16,21-41H2,1-2H3/b13-11-,14-12-,19-17-,20-18-/t42?,44-,45+,46?/m0/s1. The average Bonchev–Trinajstić information content (AvgIpc) is 3.75. The van der Waals surface area contributed by atoms with Crippen LogP contribution in [0.1, 0.15) is 181 Å². The van der Waals surface area contributed by atoms with Gasteiger partial charge in [-0.3, -0.25) is 14.5 Å². The zero-order valence-electron chi connectivity index (χ0n) is 35.8. The third kappa shape index (κ3) is 24.3. The molecule has 0 bridgehead atoms. The number of unbranched alkanes of at least 4 members (excludes halogenated alkanes) is 17. The van der Waals surface area contributed by atoms with E-state index < -0.39 is 18.2 Å². The number of rotatable bonds is 34. The van der Waals surface area contributed by atoms with Crippen LogP contribution in [0, 0.1) is 5.92 Å². The van der Waals surface area contributed by atoms with Crippen LogP contribution in [0.5, 0.6) is 0 Å². The van der Waals surface area contributed by atoms with Crippen molar-refractivity contribution in [3.63, 3.8) is 0 Å². The number of β-amino-alcohol motifs (C(OH)–C–C–N with tert-alkyl or cyclic N) is 2. The third-order valence-electron chi connectivity index (χ3n) is 11.2. The SMILES string of the molecule is CCCCC/C=C\C/C=C\CCCCCCCCOC(=O)[C@@H]1CC(CC(=O)CN2CC(O)[C@H](O)C2)CN1C(=O)CCCCCCC/C=C\C/C=C\CCCCC. The van der Waals surface area contributed by atoms with Crippen molar-refractivity contribution < 1.29 is 29.3 Å². The van der Waals surface area contributed by atoms with Gasteiger partial charge in [0.25, 0.3) is 0 Å². The lowest BCUT2D eigenvalue weighted by molar-refractivity contribution is -0.153. The smallest absolute Gasteiger partial charge is 0.328 e. The summed E-state index contributed by atoms with van der Waals surface area (Å²) in [6.07, 6.45) is 43.8. The molecule has 8 heteroatoms. The molecule has 320 valence electrons. The maximum absolute atomic E-state index is 13.5. The van der Waals surface area contributed by atoms with Gasteiger partial charge in [0.2, 0.25) is 5.91 Å². The van der Waals surface area contributed by atoms with E-state index in [0.29, 0.717) is 26.0 Å². The minimum Gasteiger partial charge on any atom is -0.464 e. The summed E-state index contributed by atoms with van der Waals surface area (Å²) in [5.41, 5.74) is 0. The molecular formula is C48H82N2O6. The van der Waals surface area contributed by atoms with E-state index in [1.54, 1.807) is 9.80 Å². The molecule has 0 radical (unpaired) electrons. The van der Waals surface area contributed by atoms with Crippen LogP contribution in [0.3, 0.4) is 0 Å². The van der Waals surface area contributed by atoms with Gasteiger partial charge in [0.05, 0.1) is 25.4 Å². The van der Waals surface area contributed by atoms with Crippen LogP contribution in [0.25, 0.3) is 0 Å². The summed E-state index contributed by atoms with van der Waals surface area (Å²) in [5.74, 6) is -0.463. The van der Waals surface area contributed by atoms with Gasteiger partial charge in [-0.25, -0.2) is 4.79 Å². The average molecular weight is 783 g/mol. The van der Waals surface area contributed by atoms with Crippen molar-refractivity contribution in [1.29, 1.82) is 0 Å². The van der Waals surface area contributed by atoms with Gasteiger partial charge in [0.15, 0.2) is 0 Å². The van der Waals surface area contributed by atoms with Crippen LogP contribution < -0.4 is 0 Å². The highest BCUT2D eigenvalue weighted by Gasteiger charge is 2.41. The van der Waals surface area contributed by atoms with Gasteiger partial charge in [0.1, 0.15) is 11.8 Å². The second-order valence-electron chi connectivity index (χ2n) is 16.5. The first-order chi connectivity index (χ1) is 27.3. The van der Waals surface area contributed by atoms with Gasteiger partial charge >= 0.3 is 5.97 Å². The number of allylic oxidation sites excluding steroid dienone is 8. The predicted octanol–water partition coefficient (Wildman–Crippen LogP) is 10.4. The molecule has 8 nitrogen and oxygen atoms in total. The van der Waals surface area contributed by atoms with Gasteiger partial charge in [-0.05, 0) is 89.4 Å². The summed E-state index contributed by atoms with van der Waals surface area (Å²) >= 11 is 0. The number of hydrogen-bond donors (Lipinski definition) is 2. The predicted molar refractivity (Wildman–Crippen MR) is 231 cm³/mol. The Hall–Kier alpha value is -2.55. The lowest BCUT2D eigenvalue weighted by atomic mass is 9.99. The Kier molecular flexibility index (Phi) is 29.6. The molecule has 0 aromatic heterocycles. The summed E-state index contributed by atoms with van der Waals surface area (Å²) in [7, 11) is 0. The highest BCUT2D eigenvalue weighted by molar-refractivity contribution is 5.86. The maximum atomic E-state index is 13.5. The van der Waals surface area contributed by atoms with E-state index in [0.717, 1.165) is 77.0 Å². The first-order valence-electron chi connectivity index (χ1n) is 23.0. The Morgan fingerprint density at radius 1 is 0.589 bits per heavy atom. The topological polar surface area (TPSA) is 107 Å². The lowest BCUT2D eigenvalue weighted by Gasteiger charge is -2.23. The van der Waals surface area contributed by atoms with E-state index in [9.17, 15) is 24.6 Å². The van der Waals surface area contributed by atoms with Gasteiger partial charge in [0, 0.05) is 32.5 Å². The van der Waals surface area contributed by atoms with Crippen molar-refractivity contribution in [3.8, 4) is 0 Å². The fraction of sp³-hybridized carbons (Fsp3) is 0.771. The maximum Gasteiger partial charge on any atom is 0.328 e. The van der Waals surface area contributed by atoms with Crippen molar-refractivity contribution in [2.45, 2.75) is 199 Å². The van der Waals surface area contributed by atoms with E-state index in [4.69, 9.17) is 4.74 Å². The molecule has 2 N–H and O–H groups in total. The van der Waals surface area contributed by atoms with E-state index in [-0.39, 0.29) is 49.6 Å². The number of likely N-dealkylation sites (tertiary alicyclic amines) is 2. The van der Waals surface area contributed by atoms with Crippen LogP contribution in [-0.2, 0) is 19.1 Å². The fourth-order valence-electron chi connectivity index (χ4n) is 7.77. The Morgan fingerprint density at radius 2 is 1.05 bits per heavy atom. The molecule has 0 aliphatic carbocycles. The molecular weight excluding hydrogens is 701 g/mol. The Balaban J connectivity index is 1.67. The summed E-state index contributed by atoms with van der Waals surface area (Å²) in [6, 6.07) is -0.640. The molecule has 2 saturated heterocycles. The number of carbonyl (C=O) groups is 3. The van der Waals surface area contributed by atoms with Crippen LogP contribution >= 0.6 is 0 Å². The third-order valence-corrected chi connectivity index (χ3v) is 11.2. The molecule has 0 saturated carbocycles. The van der Waals surface area contributed by atoms with Gasteiger partial charge < -0.3 is 19.8 Å². The normalized spacial score (nSPS) is 20.5. The minimum atomic E-state index is -0.833. The number of aliphatic hydroxyl groups excluding tert-OH is 2. The molecule has 0 aromatic rings. The number of hydrogen-bond acceptors (Lipinski definition) is 7. The number of ketones is 1. The van der Waals surface area contributed by atoms with Crippen molar-refractivity contribution in [1.82, 2.24) is 9.80 Å². The number of aliphatic hydroxyl groups is 2. The largest absolute Gasteiger partial charge is 0.464 e. The number of amides is 1. The second kappa shape index (κ2) is 33.4. The Bertz CT molecular complexity index is 1140. The second-order valence-corrected chi connectivity index (χ2v) is 16.5. The quantitative estimate of drug-likeness (QED) is 0.0380. The number of esters is 1. The van der Waals surface area contributed by atoms with E-state index >= 15 is 0 Å². The zero-order chi connectivity index (χ0) is 40.5. The van der Waals surface area contributed by atoms with Crippen molar-refractivity contribution in [3.05, 3.63) is 48.6 Å². The summed E-state index contributed by atoms with van der Waals surface area (Å²) in [4.78, 5) is 43.2. The Labute approximate surface area is 342 Å². The molecule has 2 aliphatic rings. The van der Waals surface area contributed by atoms with Crippen molar-refractivity contribution in [2.75, 3.05) is 32.8 Å². The van der Waals surface area contributed by atoms with Gasteiger partial charge in [-0.15, -0.1) is 0 Å². The van der Waals surface area contributed by atoms with E-state index in [2.05, 4.69) is 62.5 Å². The number of carbonyl (C=O) groups excluding carboxylic acids is 3. The van der Waals surface area contributed by atoms with Gasteiger partial charge in [-0.1, -0.05) is 133 Å². The van der Waals surface area contributed by atoms with Gasteiger partial charge in [-0.2, -0.15) is 0 Å². The lowest BCUT2D eigenvalue weighted by Crippen LogP contribution is -2.41. The van der Waals surface area contributed by atoms with Crippen LogP contribution in [0.4, 0.5) is 0 Å². The van der Waals surface area contributed by atoms with Crippen LogP contribution in [0.2, 0.25) is 0 Å². The molecule has 56 heavy (non-hydrogen) atoms. The minimum absolute atomic E-state index is 0.00720. The molecule has 0 spiro atoms. The monoisotopic (exact) mass is 783 g/mol. The molecule has 2 aliphatic heterocycles. The molecule has 1 amide bonds. The first kappa shape index (κ1) is 49.6. The Morgan fingerprint density at radius 3 is 1.57 bits per heavy atom. The summed E-state index contributed by atoms with van der Waals surface area (Å²) < 4.78 is 5.74. The number of Topliss-reactive ketones (excluding diaryl/α,β-unsaturated/α-hetero) is 1. The van der Waals surface area contributed by atoms with Crippen LogP contribution in [0.15, 0.2) is 48.6 Å². The molecule has 2 rings (SSSR count). The molecule has 2 fully saturated rings. The summed E-state index contributed by atoms with van der Waals surface area (Å²) in [5, 5.41) is 19.7. The molecule has 2 unspecified atom stereocenters. The van der Waals surface area contributed by atoms with E-state index in [1.807, 2.05) is 0 Å². The molecule has 0 aromatic carbocycles. The number of nitrogens with zero attached hydrogens (tertiary/aromatic N) is 2. The van der Waals surface area contributed by atoms with Crippen molar-refractivity contribution in [2.24, 2.45) is 5.92 Å². The first-order valence-corrected chi connectivity index (χ1v) is 23.0. The highest BCUT2D eigenvalue weighted by atomic mass is 16.5. The zero-order valence-corrected chi connectivity index (χ0v) is 35.8.